The molecule has 0 aliphatic heterocycles. The first kappa shape index (κ1) is 9.50. The monoisotopic (exact) mass is 259 g/mol. The summed E-state index contributed by atoms with van der Waals surface area (Å²) in [7, 11) is 0. The largest absolute Gasteiger partial charge is 0.310 e. The van der Waals surface area contributed by atoms with Gasteiger partial charge in [0.25, 0.3) is 0 Å². The summed E-state index contributed by atoms with van der Waals surface area (Å²) in [6, 6.07) is 6.75. The van der Waals surface area contributed by atoms with Crippen LogP contribution in [0, 0.1) is 0 Å². The lowest BCUT2D eigenvalue weighted by Gasteiger charge is -2.04. The summed E-state index contributed by atoms with van der Waals surface area (Å²) >= 11 is 9.35. The molecule has 2 rings (SSSR count). The van der Waals surface area contributed by atoms with Crippen molar-refractivity contribution in [3.05, 3.63) is 33.3 Å². The molecule has 0 amide bonds. The summed E-state index contributed by atoms with van der Waals surface area (Å²) in [5.74, 6) is 0. The van der Waals surface area contributed by atoms with Crippen LogP contribution in [0.4, 0.5) is 0 Å². The molecule has 0 saturated heterocycles. The van der Waals surface area contributed by atoms with Crippen LogP contribution < -0.4 is 5.32 Å². The molecular formula is C10H11BrClN. The lowest BCUT2D eigenvalue weighted by molar-refractivity contribution is 0.687. The van der Waals surface area contributed by atoms with Gasteiger partial charge in [0.05, 0.1) is 0 Å². The average molecular weight is 261 g/mol. The molecule has 0 heterocycles. The Morgan fingerprint density at radius 1 is 1.38 bits per heavy atom. The average Bonchev–Trinajstić information content (AvgIpc) is 2.81. The zero-order chi connectivity index (χ0) is 9.26. The van der Waals surface area contributed by atoms with Gasteiger partial charge in [-0.05, 0) is 36.6 Å². The normalized spacial score (nSPS) is 16.2. The van der Waals surface area contributed by atoms with Gasteiger partial charge in [-0.3, -0.25) is 0 Å². The van der Waals surface area contributed by atoms with E-state index in [0.717, 1.165) is 22.1 Å². The van der Waals surface area contributed by atoms with Gasteiger partial charge in [-0.2, -0.15) is 0 Å². The van der Waals surface area contributed by atoms with Gasteiger partial charge in [0.2, 0.25) is 0 Å². The quantitative estimate of drug-likeness (QED) is 0.879. The number of rotatable bonds is 3. The highest BCUT2D eigenvalue weighted by Crippen LogP contribution is 2.22. The van der Waals surface area contributed by atoms with Crippen molar-refractivity contribution in [2.24, 2.45) is 0 Å². The molecule has 0 bridgehead atoms. The van der Waals surface area contributed by atoms with Gasteiger partial charge in [0, 0.05) is 22.1 Å². The van der Waals surface area contributed by atoms with Crippen molar-refractivity contribution in [2.45, 2.75) is 25.4 Å². The van der Waals surface area contributed by atoms with Gasteiger partial charge >= 0.3 is 0 Å². The van der Waals surface area contributed by atoms with Crippen molar-refractivity contribution in [3.63, 3.8) is 0 Å². The van der Waals surface area contributed by atoms with Gasteiger partial charge in [-0.15, -0.1) is 0 Å². The molecule has 1 aliphatic carbocycles. The molecule has 70 valence electrons. The molecule has 1 aliphatic rings. The highest BCUT2D eigenvalue weighted by Gasteiger charge is 2.19. The first-order chi connectivity index (χ1) is 6.24. The second-order valence-corrected chi connectivity index (χ2v) is 4.78. The van der Waals surface area contributed by atoms with E-state index in [1.165, 1.54) is 18.4 Å². The van der Waals surface area contributed by atoms with Gasteiger partial charge in [0.15, 0.2) is 0 Å². The molecular weight excluding hydrogens is 249 g/mol. The fourth-order valence-electron chi connectivity index (χ4n) is 1.26. The van der Waals surface area contributed by atoms with Crippen molar-refractivity contribution in [1.82, 2.24) is 5.32 Å². The summed E-state index contributed by atoms with van der Waals surface area (Å²) < 4.78 is 1.05. The van der Waals surface area contributed by atoms with E-state index in [-0.39, 0.29) is 0 Å². The van der Waals surface area contributed by atoms with E-state index >= 15 is 0 Å². The van der Waals surface area contributed by atoms with Crippen LogP contribution in [0.5, 0.6) is 0 Å². The molecule has 13 heavy (non-hydrogen) atoms. The van der Waals surface area contributed by atoms with Crippen LogP contribution in [0.1, 0.15) is 18.4 Å². The minimum Gasteiger partial charge on any atom is -0.310 e. The van der Waals surface area contributed by atoms with Crippen LogP contribution in [-0.4, -0.2) is 6.04 Å². The van der Waals surface area contributed by atoms with E-state index in [1.807, 2.05) is 12.1 Å². The molecule has 1 N–H and O–H groups in total. The molecule has 0 unspecified atom stereocenters. The van der Waals surface area contributed by atoms with E-state index in [1.54, 1.807) is 0 Å². The lowest BCUT2D eigenvalue weighted by atomic mass is 10.2. The van der Waals surface area contributed by atoms with Crippen molar-refractivity contribution in [1.29, 1.82) is 0 Å². The molecule has 1 aromatic carbocycles. The molecule has 0 spiro atoms. The maximum atomic E-state index is 5.92. The minimum absolute atomic E-state index is 0.748. The van der Waals surface area contributed by atoms with Crippen LogP contribution in [0.2, 0.25) is 5.02 Å². The predicted octanol–water partition coefficient (Wildman–Crippen LogP) is 3.35. The molecule has 3 heteroatoms. The Hall–Kier alpha value is -0.0500. The van der Waals surface area contributed by atoms with Gasteiger partial charge in [0.1, 0.15) is 0 Å². The molecule has 0 aromatic heterocycles. The molecule has 0 radical (unpaired) electrons. The van der Waals surface area contributed by atoms with E-state index in [0.29, 0.717) is 0 Å². The zero-order valence-corrected chi connectivity index (χ0v) is 9.53. The lowest BCUT2D eigenvalue weighted by Crippen LogP contribution is -2.15. The Morgan fingerprint density at radius 2 is 2.15 bits per heavy atom. The van der Waals surface area contributed by atoms with Gasteiger partial charge < -0.3 is 5.32 Å². The minimum atomic E-state index is 0.748. The van der Waals surface area contributed by atoms with Crippen LogP contribution in [-0.2, 0) is 6.54 Å². The molecule has 1 fully saturated rings. The Kier molecular flexibility index (Phi) is 2.92. The van der Waals surface area contributed by atoms with E-state index in [9.17, 15) is 0 Å². The first-order valence-corrected chi connectivity index (χ1v) is 5.59. The summed E-state index contributed by atoms with van der Waals surface area (Å²) in [6.45, 7) is 0.920. The third kappa shape index (κ3) is 2.97. The third-order valence-corrected chi connectivity index (χ3v) is 2.77. The highest BCUT2D eigenvalue weighted by atomic mass is 79.9. The molecule has 1 aromatic rings. The highest BCUT2D eigenvalue weighted by molar-refractivity contribution is 9.10. The van der Waals surface area contributed by atoms with Crippen molar-refractivity contribution in [2.75, 3.05) is 0 Å². The molecule has 1 saturated carbocycles. The number of hydrogen-bond donors (Lipinski definition) is 1. The second-order valence-electron chi connectivity index (χ2n) is 3.43. The Balaban J connectivity index is 2.01. The SMILES string of the molecule is Clc1cc(Br)cc(CNC2CC2)c1. The van der Waals surface area contributed by atoms with E-state index in [2.05, 4.69) is 27.3 Å². The number of benzene rings is 1. The zero-order valence-electron chi connectivity index (χ0n) is 7.19. The van der Waals surface area contributed by atoms with Crippen LogP contribution in [0.3, 0.4) is 0 Å². The Morgan fingerprint density at radius 3 is 2.77 bits per heavy atom. The number of hydrogen-bond acceptors (Lipinski definition) is 1. The van der Waals surface area contributed by atoms with Crippen LogP contribution in [0.15, 0.2) is 22.7 Å². The number of nitrogens with one attached hydrogen (secondary N) is 1. The Bertz CT molecular complexity index is 290. The summed E-state index contributed by atoms with van der Waals surface area (Å²) in [5.41, 5.74) is 1.24. The standard InChI is InChI=1S/C10H11BrClN/c11-8-3-7(4-9(12)5-8)6-13-10-1-2-10/h3-5,10,13H,1-2,6H2. The van der Waals surface area contributed by atoms with Gasteiger partial charge in [-0.25, -0.2) is 0 Å². The Labute approximate surface area is 91.6 Å². The summed E-state index contributed by atoms with van der Waals surface area (Å²) in [6.07, 6.45) is 2.64. The molecule has 1 nitrogen and oxygen atoms in total. The number of halogens is 2. The van der Waals surface area contributed by atoms with Crippen LogP contribution in [0.25, 0.3) is 0 Å². The maximum absolute atomic E-state index is 5.92. The van der Waals surface area contributed by atoms with Crippen molar-refractivity contribution >= 4 is 27.5 Å². The smallest absolute Gasteiger partial charge is 0.0420 e. The van der Waals surface area contributed by atoms with Gasteiger partial charge in [-0.1, -0.05) is 27.5 Å². The predicted molar refractivity (Wildman–Crippen MR) is 59.0 cm³/mol. The summed E-state index contributed by atoms with van der Waals surface area (Å²) in [4.78, 5) is 0. The third-order valence-electron chi connectivity index (χ3n) is 2.09. The summed E-state index contributed by atoms with van der Waals surface area (Å²) in [5, 5.41) is 4.24. The van der Waals surface area contributed by atoms with E-state index < -0.39 is 0 Å². The fourth-order valence-corrected chi connectivity index (χ4v) is 2.19. The fraction of sp³-hybridized carbons (Fsp3) is 0.400. The molecule has 0 atom stereocenters. The van der Waals surface area contributed by atoms with Crippen molar-refractivity contribution in [3.8, 4) is 0 Å². The second kappa shape index (κ2) is 3.99. The van der Waals surface area contributed by atoms with Crippen LogP contribution >= 0.6 is 27.5 Å². The van der Waals surface area contributed by atoms with E-state index in [4.69, 9.17) is 11.6 Å². The first-order valence-electron chi connectivity index (χ1n) is 4.42. The maximum Gasteiger partial charge on any atom is 0.0420 e. The topological polar surface area (TPSA) is 12.0 Å². The van der Waals surface area contributed by atoms with Crippen molar-refractivity contribution < 1.29 is 0 Å².